The van der Waals surface area contributed by atoms with Gasteiger partial charge in [-0.15, -0.1) is 10.2 Å². The molecule has 2 unspecified atom stereocenters. The molecule has 7 aromatic rings. The highest BCUT2D eigenvalue weighted by Gasteiger charge is 2.22. The van der Waals surface area contributed by atoms with Gasteiger partial charge in [0.1, 0.15) is 28.5 Å². The van der Waals surface area contributed by atoms with Crippen molar-refractivity contribution >= 4 is 45.6 Å². The first-order valence-corrected chi connectivity index (χ1v) is 15.2. The molecule has 0 bridgehead atoms. The summed E-state index contributed by atoms with van der Waals surface area (Å²) in [7, 11) is 0. The van der Waals surface area contributed by atoms with Crippen molar-refractivity contribution in [2.75, 3.05) is 11.5 Å². The smallest absolute Gasteiger partial charge is 0.203 e. The fourth-order valence-corrected chi connectivity index (χ4v) is 5.50. The van der Waals surface area contributed by atoms with E-state index < -0.39 is 0 Å². The molecule has 0 saturated carbocycles. The Morgan fingerprint density at radius 3 is 1.89 bits per heavy atom. The summed E-state index contributed by atoms with van der Waals surface area (Å²) in [6.45, 7) is 5.97. The largest absolute Gasteiger partial charge is 0.384 e. The molecular weight excluding hydrogens is 603 g/mol. The molecule has 3 aromatic carbocycles. The number of nitrogens with one attached hydrogen (secondary N) is 2. The first kappa shape index (κ1) is 32.0. The molecule has 0 aliphatic carbocycles. The maximum atomic E-state index is 13.3. The minimum Gasteiger partial charge on any atom is -0.384 e. The Hall–Kier alpha value is -5.42. The lowest BCUT2D eigenvalue weighted by Crippen LogP contribution is -2.08. The molecule has 0 aliphatic heterocycles. The zero-order valence-corrected chi connectivity index (χ0v) is 26.4. The number of hydrogen-bond acceptors (Lipinski definition) is 8. The molecular formula is C34H34ClFN10. The van der Waals surface area contributed by atoms with E-state index in [1.807, 2.05) is 75.4 Å². The quantitative estimate of drug-likeness (QED) is 0.149. The van der Waals surface area contributed by atoms with Gasteiger partial charge >= 0.3 is 0 Å². The molecule has 10 nitrogen and oxygen atoms in total. The number of nitrogens with zero attached hydrogens (tertiary/aromatic N) is 6. The van der Waals surface area contributed by atoms with Crippen LogP contribution >= 0.6 is 11.6 Å². The van der Waals surface area contributed by atoms with Crippen molar-refractivity contribution in [2.45, 2.75) is 39.0 Å². The first-order valence-electron chi connectivity index (χ1n) is 14.8. The molecule has 6 N–H and O–H groups in total. The standard InChI is InChI=1S/C19H16ClN5.C13H12FN5.C2H6/c20-16-9-5-4-8-13(16)10-14(12-6-2-1-3-7-12)15-11-17(21)22-19-18(15)23-25-24-19;1-7(8-3-2-4-9(14)5-8)10-6-11(15)16-13-12(10)17-19-18-13;1-2/h1-9,11,14H,10H2,(H3,21,22,23,24,25);2-7H,1H3,(H3,15,16,17,18,19);1-2H3. The second-order valence-corrected chi connectivity index (χ2v) is 10.7. The summed E-state index contributed by atoms with van der Waals surface area (Å²) in [4.78, 5) is 8.33. The van der Waals surface area contributed by atoms with Crippen molar-refractivity contribution in [3.8, 4) is 0 Å². The van der Waals surface area contributed by atoms with Gasteiger partial charge in [-0.2, -0.15) is 20.6 Å². The molecule has 234 valence electrons. The molecule has 0 amide bonds. The Labute approximate surface area is 270 Å². The molecule has 12 heteroatoms. The van der Waals surface area contributed by atoms with Gasteiger partial charge in [0.05, 0.1) is 0 Å². The van der Waals surface area contributed by atoms with Gasteiger partial charge < -0.3 is 11.5 Å². The van der Waals surface area contributed by atoms with E-state index in [-0.39, 0.29) is 17.7 Å². The topological polar surface area (TPSA) is 161 Å². The van der Waals surface area contributed by atoms with Gasteiger partial charge in [0, 0.05) is 16.9 Å². The SMILES string of the molecule is CC.CC(c1cccc(F)c1)c1cc(N)nc2n[nH]nc12.Nc1cc(C(Cc2ccccc2Cl)c2ccccc2)c2n[nH]nc2n1. The van der Waals surface area contributed by atoms with E-state index in [9.17, 15) is 4.39 Å². The van der Waals surface area contributed by atoms with E-state index in [0.29, 0.717) is 28.4 Å². The molecule has 0 saturated heterocycles. The third-order valence-corrected chi connectivity index (χ3v) is 7.83. The summed E-state index contributed by atoms with van der Waals surface area (Å²) in [5.41, 5.74) is 19.1. The lowest BCUT2D eigenvalue weighted by molar-refractivity contribution is 0.624. The van der Waals surface area contributed by atoms with Crippen LogP contribution in [0.5, 0.6) is 0 Å². The van der Waals surface area contributed by atoms with Gasteiger partial charge in [-0.3, -0.25) is 0 Å². The van der Waals surface area contributed by atoms with Crippen LogP contribution in [0.3, 0.4) is 0 Å². The number of H-pyrrole nitrogens is 2. The van der Waals surface area contributed by atoms with Gasteiger partial charge in [0.15, 0.2) is 0 Å². The minimum absolute atomic E-state index is 0.0407. The van der Waals surface area contributed by atoms with E-state index in [2.05, 4.69) is 52.9 Å². The van der Waals surface area contributed by atoms with Crippen molar-refractivity contribution in [2.24, 2.45) is 0 Å². The van der Waals surface area contributed by atoms with Crippen molar-refractivity contribution in [1.82, 2.24) is 40.8 Å². The lowest BCUT2D eigenvalue weighted by atomic mass is 9.85. The van der Waals surface area contributed by atoms with Crippen molar-refractivity contribution in [3.05, 3.63) is 130 Å². The van der Waals surface area contributed by atoms with Crippen molar-refractivity contribution < 1.29 is 4.39 Å². The highest BCUT2D eigenvalue weighted by Crippen LogP contribution is 2.34. The van der Waals surface area contributed by atoms with E-state index in [4.69, 9.17) is 23.1 Å². The highest BCUT2D eigenvalue weighted by molar-refractivity contribution is 6.31. The summed E-state index contributed by atoms with van der Waals surface area (Å²) in [5.74, 6) is 0.534. The summed E-state index contributed by atoms with van der Waals surface area (Å²) in [6.07, 6.45) is 0.731. The van der Waals surface area contributed by atoms with Gasteiger partial charge in [-0.25, -0.2) is 14.4 Å². The van der Waals surface area contributed by atoms with Crippen LogP contribution < -0.4 is 11.5 Å². The molecule has 4 aromatic heterocycles. The molecule has 0 spiro atoms. The third-order valence-electron chi connectivity index (χ3n) is 7.46. The van der Waals surface area contributed by atoms with E-state index in [1.165, 1.54) is 12.1 Å². The Morgan fingerprint density at radius 2 is 1.26 bits per heavy atom. The number of aromatic amines is 2. The van der Waals surface area contributed by atoms with E-state index >= 15 is 0 Å². The Morgan fingerprint density at radius 1 is 0.696 bits per heavy atom. The van der Waals surface area contributed by atoms with Crippen LogP contribution in [0, 0.1) is 5.82 Å². The molecule has 7 rings (SSSR count). The van der Waals surface area contributed by atoms with Gasteiger partial charge in [-0.1, -0.05) is 93.0 Å². The van der Waals surface area contributed by atoms with Crippen LogP contribution in [-0.4, -0.2) is 40.8 Å². The van der Waals surface area contributed by atoms with Crippen molar-refractivity contribution in [1.29, 1.82) is 0 Å². The van der Waals surface area contributed by atoms with Crippen LogP contribution in [-0.2, 0) is 6.42 Å². The molecule has 0 aliphatic rings. The normalized spacial score (nSPS) is 12.1. The summed E-state index contributed by atoms with van der Waals surface area (Å²) < 4.78 is 13.3. The maximum Gasteiger partial charge on any atom is 0.203 e. The second kappa shape index (κ2) is 14.6. The molecule has 2 atom stereocenters. The van der Waals surface area contributed by atoms with Gasteiger partial charge in [0.2, 0.25) is 11.3 Å². The molecule has 4 heterocycles. The predicted octanol–water partition coefficient (Wildman–Crippen LogP) is 7.22. The van der Waals surface area contributed by atoms with Crippen LogP contribution in [0.1, 0.15) is 60.4 Å². The Bertz CT molecular complexity index is 2040. The van der Waals surface area contributed by atoms with Gasteiger partial charge in [-0.05, 0) is 64.6 Å². The number of aromatic nitrogens is 8. The average Bonchev–Trinajstić information content (AvgIpc) is 3.75. The third kappa shape index (κ3) is 7.10. The minimum atomic E-state index is -0.261. The van der Waals surface area contributed by atoms with Crippen LogP contribution in [0.2, 0.25) is 5.02 Å². The summed E-state index contributed by atoms with van der Waals surface area (Å²) in [6, 6.07) is 28.3. The van der Waals surface area contributed by atoms with E-state index in [1.54, 1.807) is 12.1 Å². The molecule has 0 radical (unpaired) electrons. The van der Waals surface area contributed by atoms with Crippen LogP contribution in [0.4, 0.5) is 16.0 Å². The Kier molecular flexibility index (Phi) is 10.1. The predicted molar refractivity (Wildman–Crippen MR) is 181 cm³/mol. The fourth-order valence-electron chi connectivity index (χ4n) is 5.29. The van der Waals surface area contributed by atoms with Crippen LogP contribution in [0.25, 0.3) is 22.3 Å². The number of anilines is 2. The average molecular weight is 637 g/mol. The number of pyridine rings is 2. The van der Waals surface area contributed by atoms with Crippen LogP contribution in [0.15, 0.2) is 91.0 Å². The number of nitrogens with two attached hydrogens (primary N) is 2. The number of rotatable bonds is 6. The number of fused-ring (bicyclic) bond motifs is 2. The number of nitrogen functional groups attached to an aromatic ring is 2. The monoisotopic (exact) mass is 636 g/mol. The lowest BCUT2D eigenvalue weighted by Gasteiger charge is -2.19. The van der Waals surface area contributed by atoms with E-state index in [0.717, 1.165) is 44.8 Å². The number of benzene rings is 3. The van der Waals surface area contributed by atoms with Crippen molar-refractivity contribution in [3.63, 3.8) is 0 Å². The fraction of sp³-hybridized carbons (Fsp3) is 0.176. The zero-order valence-electron chi connectivity index (χ0n) is 25.6. The maximum absolute atomic E-state index is 13.3. The number of hydrogen-bond donors (Lipinski definition) is 4. The Balaban J connectivity index is 0.000000178. The number of halogens is 2. The summed E-state index contributed by atoms with van der Waals surface area (Å²) in [5, 5.41) is 22.3. The first-order chi connectivity index (χ1) is 22.4. The summed E-state index contributed by atoms with van der Waals surface area (Å²) >= 11 is 6.40. The zero-order chi connectivity index (χ0) is 32.6. The molecule has 46 heavy (non-hydrogen) atoms. The van der Waals surface area contributed by atoms with Gasteiger partial charge in [0.25, 0.3) is 0 Å². The second-order valence-electron chi connectivity index (χ2n) is 10.3. The highest BCUT2D eigenvalue weighted by atomic mass is 35.5. The molecule has 0 fully saturated rings.